The Morgan fingerprint density at radius 1 is 1.03 bits per heavy atom. The predicted octanol–water partition coefficient (Wildman–Crippen LogP) is 2.36. The highest BCUT2D eigenvalue weighted by Crippen LogP contribution is 2.18. The van der Waals surface area contributed by atoms with Crippen molar-refractivity contribution in [1.29, 1.82) is 0 Å². The molecule has 0 fully saturated rings. The van der Waals surface area contributed by atoms with Crippen molar-refractivity contribution in [2.75, 3.05) is 6.61 Å². The molecule has 8 heteroatoms. The molecule has 0 aliphatic rings. The number of furan rings is 1. The number of hydrogen-bond acceptors (Lipinski definition) is 5. The number of esters is 1. The van der Waals surface area contributed by atoms with Crippen LogP contribution in [0, 0.1) is 13.8 Å². The van der Waals surface area contributed by atoms with Crippen molar-refractivity contribution in [2.24, 2.45) is 0 Å². The van der Waals surface area contributed by atoms with Gasteiger partial charge in [0, 0.05) is 17.9 Å². The highest BCUT2D eigenvalue weighted by Gasteiger charge is 2.18. The molecule has 0 atom stereocenters. The van der Waals surface area contributed by atoms with E-state index in [0.29, 0.717) is 12.1 Å². The Kier molecular flexibility index (Phi) is 6.13. The van der Waals surface area contributed by atoms with Gasteiger partial charge in [0.1, 0.15) is 0 Å². The zero-order valence-electron chi connectivity index (χ0n) is 16.1. The van der Waals surface area contributed by atoms with Gasteiger partial charge in [-0.05, 0) is 37.6 Å². The van der Waals surface area contributed by atoms with Crippen LogP contribution in [0.1, 0.15) is 37.9 Å². The Balaban J connectivity index is 1.54. The number of nitrogens with one attached hydrogen (secondary N) is 2. The first-order valence-corrected chi connectivity index (χ1v) is 8.96. The fourth-order valence-corrected chi connectivity index (χ4v) is 2.86. The van der Waals surface area contributed by atoms with Gasteiger partial charge in [-0.2, -0.15) is 0 Å². The molecule has 3 aromatic rings. The van der Waals surface area contributed by atoms with Gasteiger partial charge in [-0.25, -0.2) is 4.79 Å². The Morgan fingerprint density at radius 3 is 2.48 bits per heavy atom. The van der Waals surface area contributed by atoms with E-state index in [1.54, 1.807) is 12.1 Å². The second-order valence-corrected chi connectivity index (χ2v) is 6.41. The summed E-state index contributed by atoms with van der Waals surface area (Å²) in [6, 6.07) is 14.6. The Morgan fingerprint density at radius 2 is 1.79 bits per heavy atom. The van der Waals surface area contributed by atoms with Gasteiger partial charge in [-0.3, -0.25) is 20.4 Å². The molecule has 0 unspecified atom stereocenters. The second-order valence-electron chi connectivity index (χ2n) is 6.41. The third kappa shape index (κ3) is 4.92. The fraction of sp³-hybridized carbons (Fsp3) is 0.190. The van der Waals surface area contributed by atoms with Gasteiger partial charge in [0.2, 0.25) is 0 Å². The molecule has 2 N–H and O–H groups in total. The van der Waals surface area contributed by atoms with Gasteiger partial charge in [0.05, 0.1) is 11.8 Å². The van der Waals surface area contributed by atoms with E-state index in [1.165, 1.54) is 12.3 Å². The summed E-state index contributed by atoms with van der Waals surface area (Å²) >= 11 is 0. The maximum Gasteiger partial charge on any atom is 0.340 e. The molecule has 150 valence electrons. The van der Waals surface area contributed by atoms with Crippen molar-refractivity contribution in [3.63, 3.8) is 0 Å². The van der Waals surface area contributed by atoms with E-state index >= 15 is 0 Å². The summed E-state index contributed by atoms with van der Waals surface area (Å²) in [5.41, 5.74) is 7.50. The lowest BCUT2D eigenvalue weighted by Gasteiger charge is -2.10. The van der Waals surface area contributed by atoms with Crippen molar-refractivity contribution in [1.82, 2.24) is 15.4 Å². The molecule has 1 aromatic carbocycles. The molecular formula is C21H21N3O5. The van der Waals surface area contributed by atoms with E-state index in [9.17, 15) is 14.4 Å². The first-order chi connectivity index (χ1) is 14.0. The smallest absolute Gasteiger partial charge is 0.340 e. The maximum absolute atomic E-state index is 12.4. The maximum atomic E-state index is 12.4. The van der Waals surface area contributed by atoms with Crippen molar-refractivity contribution >= 4 is 17.8 Å². The van der Waals surface area contributed by atoms with Gasteiger partial charge in [-0.15, -0.1) is 0 Å². The number of carbonyl (C=O) groups is 3. The minimum atomic E-state index is -0.670. The normalized spacial score (nSPS) is 10.4. The van der Waals surface area contributed by atoms with Crippen LogP contribution in [0.4, 0.5) is 0 Å². The van der Waals surface area contributed by atoms with Gasteiger partial charge in [0.15, 0.2) is 12.4 Å². The van der Waals surface area contributed by atoms with E-state index in [2.05, 4.69) is 10.9 Å². The number of ether oxygens (including phenoxy) is 1. The molecule has 0 spiro atoms. The summed E-state index contributed by atoms with van der Waals surface area (Å²) in [5.74, 6) is -1.84. The third-order valence-electron chi connectivity index (χ3n) is 4.37. The molecule has 2 heterocycles. The zero-order valence-corrected chi connectivity index (χ0v) is 16.1. The summed E-state index contributed by atoms with van der Waals surface area (Å²) in [4.78, 5) is 35.9. The van der Waals surface area contributed by atoms with Crippen LogP contribution in [-0.2, 0) is 16.1 Å². The molecular weight excluding hydrogens is 374 g/mol. The molecule has 2 aromatic heterocycles. The van der Waals surface area contributed by atoms with Gasteiger partial charge in [-0.1, -0.05) is 30.3 Å². The zero-order chi connectivity index (χ0) is 20.8. The first kappa shape index (κ1) is 19.9. The number of benzene rings is 1. The van der Waals surface area contributed by atoms with Crippen LogP contribution < -0.4 is 10.9 Å². The van der Waals surface area contributed by atoms with Crippen LogP contribution in [0.3, 0.4) is 0 Å². The Bertz CT molecular complexity index is 1010. The topological polar surface area (TPSA) is 103 Å². The van der Waals surface area contributed by atoms with E-state index in [0.717, 1.165) is 17.0 Å². The average molecular weight is 395 g/mol. The molecule has 3 rings (SSSR count). The van der Waals surface area contributed by atoms with Crippen molar-refractivity contribution < 1.29 is 23.5 Å². The van der Waals surface area contributed by atoms with E-state index in [4.69, 9.17) is 9.15 Å². The lowest BCUT2D eigenvalue weighted by molar-refractivity contribution is -0.125. The number of hydrogen-bond donors (Lipinski definition) is 2. The summed E-state index contributed by atoms with van der Waals surface area (Å²) in [5, 5.41) is 0. The molecule has 2 amide bonds. The number of amides is 2. The molecule has 29 heavy (non-hydrogen) atoms. The predicted molar refractivity (Wildman–Crippen MR) is 104 cm³/mol. The largest absolute Gasteiger partial charge is 0.459 e. The standard InChI is InChI=1S/C21H21N3O5/c1-14-11-17(15(2)24(14)12-16-7-4-3-5-8-16)21(27)29-13-19(25)22-23-20(26)18-9-6-10-28-18/h3-11H,12-13H2,1-2H3,(H,22,25)(H,23,26). The first-order valence-electron chi connectivity index (χ1n) is 8.96. The summed E-state index contributed by atoms with van der Waals surface area (Å²) in [6.45, 7) is 3.84. The van der Waals surface area contributed by atoms with Crippen LogP contribution in [0.25, 0.3) is 0 Å². The van der Waals surface area contributed by atoms with Crippen LogP contribution >= 0.6 is 0 Å². The third-order valence-corrected chi connectivity index (χ3v) is 4.37. The van der Waals surface area contributed by atoms with Gasteiger partial charge in [0.25, 0.3) is 5.91 Å². The highest BCUT2D eigenvalue weighted by atomic mass is 16.5. The lowest BCUT2D eigenvalue weighted by Crippen LogP contribution is -2.43. The van der Waals surface area contributed by atoms with Gasteiger partial charge >= 0.3 is 11.9 Å². The quantitative estimate of drug-likeness (QED) is 0.493. The number of aryl methyl sites for hydroxylation is 1. The molecule has 0 aliphatic carbocycles. The average Bonchev–Trinajstić information content (AvgIpc) is 3.35. The van der Waals surface area contributed by atoms with E-state index in [-0.39, 0.29) is 5.76 Å². The second kappa shape index (κ2) is 8.92. The molecule has 0 radical (unpaired) electrons. The minimum absolute atomic E-state index is 0.0492. The summed E-state index contributed by atoms with van der Waals surface area (Å²) in [7, 11) is 0. The van der Waals surface area contributed by atoms with Crippen LogP contribution in [0.2, 0.25) is 0 Å². The van der Waals surface area contributed by atoms with Crippen molar-refractivity contribution in [2.45, 2.75) is 20.4 Å². The van der Waals surface area contributed by atoms with Crippen molar-refractivity contribution in [3.8, 4) is 0 Å². The van der Waals surface area contributed by atoms with Crippen molar-refractivity contribution in [3.05, 3.63) is 83.1 Å². The van der Waals surface area contributed by atoms with Crippen LogP contribution in [0.5, 0.6) is 0 Å². The van der Waals surface area contributed by atoms with E-state index in [1.807, 2.05) is 48.7 Å². The van der Waals surface area contributed by atoms with E-state index < -0.39 is 24.4 Å². The number of nitrogens with zero attached hydrogens (tertiary/aromatic N) is 1. The Labute approximate surface area is 167 Å². The number of hydrazine groups is 1. The number of carbonyl (C=O) groups excluding carboxylic acids is 3. The summed E-state index contributed by atoms with van der Waals surface area (Å²) < 4.78 is 12.0. The molecule has 0 bridgehead atoms. The fourth-order valence-electron chi connectivity index (χ4n) is 2.86. The molecule has 0 saturated heterocycles. The van der Waals surface area contributed by atoms with Crippen LogP contribution in [-0.4, -0.2) is 29.0 Å². The molecule has 0 saturated carbocycles. The molecule has 0 aliphatic heterocycles. The lowest BCUT2D eigenvalue weighted by atomic mass is 10.2. The number of rotatable bonds is 6. The van der Waals surface area contributed by atoms with Crippen LogP contribution in [0.15, 0.2) is 59.2 Å². The molecule has 8 nitrogen and oxygen atoms in total. The highest BCUT2D eigenvalue weighted by molar-refractivity contribution is 5.94. The minimum Gasteiger partial charge on any atom is -0.459 e. The summed E-state index contributed by atoms with van der Waals surface area (Å²) in [6.07, 6.45) is 1.34. The Hall–Kier alpha value is -3.81. The number of aromatic nitrogens is 1. The van der Waals surface area contributed by atoms with Gasteiger partial charge < -0.3 is 13.7 Å². The SMILES string of the molecule is Cc1cc(C(=O)OCC(=O)NNC(=O)c2ccco2)c(C)n1Cc1ccccc1. The monoisotopic (exact) mass is 395 g/mol.